The third-order valence-corrected chi connectivity index (χ3v) is 4.84. The highest BCUT2D eigenvalue weighted by molar-refractivity contribution is 7.85. The molecule has 0 heterocycles. The van der Waals surface area contributed by atoms with Crippen molar-refractivity contribution in [3.05, 3.63) is 29.3 Å². The Bertz CT molecular complexity index is 564. The van der Waals surface area contributed by atoms with E-state index in [4.69, 9.17) is 5.73 Å². The molecule has 0 saturated heterocycles. The van der Waals surface area contributed by atoms with Gasteiger partial charge in [-0.05, 0) is 37.3 Å². The molecular weight excluding hydrogens is 250 g/mol. The summed E-state index contributed by atoms with van der Waals surface area (Å²) in [6.07, 6.45) is 2.12. The van der Waals surface area contributed by atoms with Gasteiger partial charge in [0.25, 0.3) is 10.1 Å². The molecule has 2 rings (SSSR count). The lowest BCUT2D eigenvalue weighted by molar-refractivity contribution is 0.407. The summed E-state index contributed by atoms with van der Waals surface area (Å²) in [6.45, 7) is 4.26. The molecule has 0 amide bonds. The Balaban J connectivity index is 2.64. The van der Waals surface area contributed by atoms with Crippen LogP contribution in [0.1, 0.15) is 30.9 Å². The topological polar surface area (TPSA) is 80.4 Å². The molecule has 1 aliphatic rings. The molecule has 1 fully saturated rings. The van der Waals surface area contributed by atoms with Gasteiger partial charge in [0.05, 0.1) is 4.90 Å². The summed E-state index contributed by atoms with van der Waals surface area (Å²) in [5.74, 6) is 0.407. The first-order valence-electron chi connectivity index (χ1n) is 6.08. The van der Waals surface area contributed by atoms with Crippen molar-refractivity contribution in [2.45, 2.75) is 37.0 Å². The molecule has 0 aliphatic heterocycles. The standard InChI is InChI=1S/C13H19NO3S/c1-9-3-6-12(18(15,16)17)11(7-9)13(2,8-14)10-4-5-10/h3,6-7,10H,4-5,8,14H2,1-2H3,(H,15,16,17). The minimum atomic E-state index is -4.20. The van der Waals surface area contributed by atoms with Crippen LogP contribution in [-0.2, 0) is 15.5 Å². The van der Waals surface area contributed by atoms with Crippen molar-refractivity contribution >= 4 is 10.1 Å². The van der Waals surface area contributed by atoms with Gasteiger partial charge in [0.15, 0.2) is 0 Å². The Kier molecular flexibility index (Phi) is 3.25. The van der Waals surface area contributed by atoms with E-state index in [2.05, 4.69) is 0 Å². The number of hydrogen-bond acceptors (Lipinski definition) is 3. The SMILES string of the molecule is Cc1ccc(S(=O)(=O)O)c(C(C)(CN)C2CC2)c1. The number of nitrogens with two attached hydrogens (primary N) is 1. The molecule has 0 radical (unpaired) electrons. The molecule has 18 heavy (non-hydrogen) atoms. The minimum Gasteiger partial charge on any atom is -0.330 e. The second kappa shape index (κ2) is 4.33. The molecule has 1 atom stereocenters. The van der Waals surface area contributed by atoms with Gasteiger partial charge in [-0.25, -0.2) is 0 Å². The number of hydrogen-bond donors (Lipinski definition) is 2. The number of rotatable bonds is 4. The number of benzene rings is 1. The van der Waals surface area contributed by atoms with Crippen molar-refractivity contribution < 1.29 is 13.0 Å². The fraction of sp³-hybridized carbons (Fsp3) is 0.538. The largest absolute Gasteiger partial charge is 0.330 e. The quantitative estimate of drug-likeness (QED) is 0.818. The van der Waals surface area contributed by atoms with Gasteiger partial charge in [0.2, 0.25) is 0 Å². The average Bonchev–Trinajstić information content (AvgIpc) is 3.10. The van der Waals surface area contributed by atoms with Crippen molar-refractivity contribution in [2.24, 2.45) is 11.7 Å². The summed E-state index contributed by atoms with van der Waals surface area (Å²) in [7, 11) is -4.20. The molecule has 1 aromatic rings. The van der Waals surface area contributed by atoms with Crippen LogP contribution in [0, 0.1) is 12.8 Å². The molecule has 5 heteroatoms. The molecule has 4 nitrogen and oxygen atoms in total. The highest BCUT2D eigenvalue weighted by Crippen LogP contribution is 2.48. The minimum absolute atomic E-state index is 0.00653. The summed E-state index contributed by atoms with van der Waals surface area (Å²) in [5, 5.41) is 0. The molecule has 1 aromatic carbocycles. The summed E-state index contributed by atoms with van der Waals surface area (Å²) in [6, 6.07) is 4.99. The van der Waals surface area contributed by atoms with E-state index in [1.54, 1.807) is 6.07 Å². The monoisotopic (exact) mass is 269 g/mol. The third kappa shape index (κ3) is 2.30. The van der Waals surface area contributed by atoms with Crippen molar-refractivity contribution in [2.75, 3.05) is 6.54 Å². The summed E-state index contributed by atoms with van der Waals surface area (Å²) in [5.41, 5.74) is 7.11. The first-order valence-corrected chi connectivity index (χ1v) is 7.52. The van der Waals surface area contributed by atoms with Crippen LogP contribution in [0.5, 0.6) is 0 Å². The molecule has 1 unspecified atom stereocenters. The lowest BCUT2D eigenvalue weighted by atomic mass is 9.77. The van der Waals surface area contributed by atoms with Crippen molar-refractivity contribution in [1.82, 2.24) is 0 Å². The molecular formula is C13H19NO3S. The fourth-order valence-electron chi connectivity index (χ4n) is 2.53. The smallest absolute Gasteiger partial charge is 0.294 e. The molecule has 100 valence electrons. The highest BCUT2D eigenvalue weighted by atomic mass is 32.2. The van der Waals surface area contributed by atoms with E-state index in [-0.39, 0.29) is 10.3 Å². The Morgan fingerprint density at radius 2 is 2.06 bits per heavy atom. The first kappa shape index (κ1) is 13.5. The third-order valence-electron chi connectivity index (χ3n) is 3.93. The molecule has 1 saturated carbocycles. The van der Waals surface area contributed by atoms with E-state index in [0.29, 0.717) is 18.0 Å². The van der Waals surface area contributed by atoms with Crippen LogP contribution < -0.4 is 5.73 Å². The summed E-state index contributed by atoms with van der Waals surface area (Å²) >= 11 is 0. The second-order valence-electron chi connectivity index (χ2n) is 5.37. The van der Waals surface area contributed by atoms with Crippen molar-refractivity contribution in [3.8, 4) is 0 Å². The second-order valence-corrected chi connectivity index (χ2v) is 6.76. The van der Waals surface area contributed by atoms with Gasteiger partial charge in [-0.15, -0.1) is 0 Å². The number of aryl methyl sites for hydroxylation is 1. The zero-order chi connectivity index (χ0) is 13.6. The van der Waals surface area contributed by atoms with E-state index < -0.39 is 10.1 Å². The van der Waals surface area contributed by atoms with Gasteiger partial charge < -0.3 is 5.73 Å². The normalized spacial score (nSPS) is 19.6. The van der Waals surface area contributed by atoms with Crippen LogP contribution in [0.2, 0.25) is 0 Å². The molecule has 3 N–H and O–H groups in total. The Morgan fingerprint density at radius 3 is 2.50 bits per heavy atom. The van der Waals surface area contributed by atoms with Gasteiger partial charge >= 0.3 is 0 Å². The van der Waals surface area contributed by atoms with Gasteiger partial charge in [-0.2, -0.15) is 8.42 Å². The zero-order valence-corrected chi connectivity index (χ0v) is 11.5. The summed E-state index contributed by atoms with van der Waals surface area (Å²) < 4.78 is 32.3. The fourth-order valence-corrected chi connectivity index (χ4v) is 3.34. The molecule has 0 bridgehead atoms. The average molecular weight is 269 g/mol. The van der Waals surface area contributed by atoms with Crippen LogP contribution in [0.3, 0.4) is 0 Å². The van der Waals surface area contributed by atoms with Crippen LogP contribution in [0.15, 0.2) is 23.1 Å². The van der Waals surface area contributed by atoms with Gasteiger partial charge in [-0.3, -0.25) is 4.55 Å². The van der Waals surface area contributed by atoms with Crippen molar-refractivity contribution in [3.63, 3.8) is 0 Å². The van der Waals surface area contributed by atoms with Gasteiger partial charge in [0, 0.05) is 12.0 Å². The van der Waals surface area contributed by atoms with Crippen LogP contribution in [-0.4, -0.2) is 19.5 Å². The van der Waals surface area contributed by atoms with Crippen LogP contribution >= 0.6 is 0 Å². The Morgan fingerprint density at radius 1 is 1.44 bits per heavy atom. The predicted octanol–water partition coefficient (Wildman–Crippen LogP) is 1.87. The van der Waals surface area contributed by atoms with E-state index in [0.717, 1.165) is 18.4 Å². The maximum atomic E-state index is 11.5. The van der Waals surface area contributed by atoms with Gasteiger partial charge in [0.1, 0.15) is 0 Å². The van der Waals surface area contributed by atoms with E-state index in [1.807, 2.05) is 19.9 Å². The maximum Gasteiger partial charge on any atom is 0.294 e. The van der Waals surface area contributed by atoms with Gasteiger partial charge in [-0.1, -0.05) is 24.6 Å². The lowest BCUT2D eigenvalue weighted by Crippen LogP contribution is -2.35. The van der Waals surface area contributed by atoms with E-state index in [9.17, 15) is 13.0 Å². The van der Waals surface area contributed by atoms with Crippen LogP contribution in [0.4, 0.5) is 0 Å². The lowest BCUT2D eigenvalue weighted by Gasteiger charge is -2.30. The predicted molar refractivity (Wildman–Crippen MR) is 70.1 cm³/mol. The first-order chi connectivity index (χ1) is 8.29. The Labute approximate surface area is 108 Å². The molecule has 0 spiro atoms. The van der Waals surface area contributed by atoms with Crippen LogP contribution in [0.25, 0.3) is 0 Å². The highest BCUT2D eigenvalue weighted by Gasteiger charge is 2.44. The van der Waals surface area contributed by atoms with E-state index in [1.165, 1.54) is 6.07 Å². The van der Waals surface area contributed by atoms with E-state index >= 15 is 0 Å². The summed E-state index contributed by atoms with van der Waals surface area (Å²) in [4.78, 5) is -0.00653. The molecule has 0 aromatic heterocycles. The Hall–Kier alpha value is -0.910. The van der Waals surface area contributed by atoms with Crippen molar-refractivity contribution in [1.29, 1.82) is 0 Å². The zero-order valence-electron chi connectivity index (χ0n) is 10.7. The molecule has 1 aliphatic carbocycles. The maximum absolute atomic E-state index is 11.5.